The van der Waals surface area contributed by atoms with E-state index in [1.54, 1.807) is 18.2 Å². The molecule has 0 fully saturated rings. The van der Waals surface area contributed by atoms with E-state index >= 15 is 0 Å². The molecule has 9 nitrogen and oxygen atoms in total. The molecule has 0 spiro atoms. The number of nitrogens with zero attached hydrogens (tertiary/aromatic N) is 3. The van der Waals surface area contributed by atoms with Crippen LogP contribution in [0.5, 0.6) is 5.75 Å². The van der Waals surface area contributed by atoms with Gasteiger partial charge in [0.15, 0.2) is 23.0 Å². The van der Waals surface area contributed by atoms with Gasteiger partial charge < -0.3 is 15.8 Å². The van der Waals surface area contributed by atoms with Gasteiger partial charge in [0.05, 0.1) is 6.20 Å². The molecular weight excluding hydrogens is 489 g/mol. The molecule has 10 heteroatoms. The highest BCUT2D eigenvalue weighted by molar-refractivity contribution is 5.98. The first kappa shape index (κ1) is 25.2. The molecule has 1 aliphatic carbocycles. The summed E-state index contributed by atoms with van der Waals surface area (Å²) in [4.78, 5) is 39.8. The van der Waals surface area contributed by atoms with Crippen LogP contribution in [0, 0.1) is 5.82 Å². The first-order valence-electron chi connectivity index (χ1n) is 12.2. The zero-order valence-electron chi connectivity index (χ0n) is 20.7. The Bertz CT molecular complexity index is 1560. The number of ether oxygens (including phenoxy) is 1. The van der Waals surface area contributed by atoms with Gasteiger partial charge in [-0.3, -0.25) is 14.4 Å². The highest BCUT2D eigenvalue weighted by atomic mass is 19.1. The number of amides is 1. The Morgan fingerprint density at radius 2 is 2.00 bits per heavy atom. The van der Waals surface area contributed by atoms with E-state index in [4.69, 9.17) is 10.5 Å². The lowest BCUT2D eigenvalue weighted by Crippen LogP contribution is -2.25. The fourth-order valence-electron chi connectivity index (χ4n) is 4.61. The van der Waals surface area contributed by atoms with E-state index in [-0.39, 0.29) is 48.2 Å². The van der Waals surface area contributed by atoms with Crippen LogP contribution in [0.25, 0.3) is 5.65 Å². The van der Waals surface area contributed by atoms with E-state index in [2.05, 4.69) is 39.7 Å². The molecule has 0 saturated carbocycles. The minimum absolute atomic E-state index is 0.00853. The van der Waals surface area contributed by atoms with Gasteiger partial charge in [0.25, 0.3) is 5.91 Å². The monoisotopic (exact) mass is 515 g/mol. The molecule has 194 valence electrons. The fourth-order valence-corrected chi connectivity index (χ4v) is 4.61. The number of fused-ring (bicyclic) bond motifs is 3. The molecule has 6 rings (SSSR count). The molecule has 2 aromatic carbocycles. The minimum Gasteiger partial charge on any atom is -0.486 e. The molecule has 0 radical (unpaired) electrons. The summed E-state index contributed by atoms with van der Waals surface area (Å²) in [6.07, 6.45) is 3.52. The molecule has 0 bridgehead atoms. The number of halogens is 1. The zero-order chi connectivity index (χ0) is 26.8. The summed E-state index contributed by atoms with van der Waals surface area (Å²) in [5.41, 5.74) is 9.95. The number of hydrogen-bond donors (Lipinski definition) is 2. The SMILES string of the molecule is CC(=O)c1cc(C(=O)NCc2ccc3c(c2)CC(=O)CO3)nc2c(F)cnn12.N[C@H]1CCc2ccccc21. The fraction of sp³-hybridized carbons (Fsp3) is 0.250. The largest absolute Gasteiger partial charge is 0.486 e. The minimum atomic E-state index is -0.725. The van der Waals surface area contributed by atoms with E-state index in [9.17, 15) is 18.8 Å². The molecule has 0 saturated heterocycles. The van der Waals surface area contributed by atoms with Crippen molar-refractivity contribution < 1.29 is 23.5 Å². The van der Waals surface area contributed by atoms with E-state index < -0.39 is 11.7 Å². The Balaban J connectivity index is 0.000000244. The molecule has 4 aromatic rings. The Morgan fingerprint density at radius 1 is 1.18 bits per heavy atom. The number of Topliss-reactive ketones (excluding diaryl/α,β-unsaturated/α-hetero) is 2. The van der Waals surface area contributed by atoms with Gasteiger partial charge in [0.2, 0.25) is 0 Å². The second-order valence-corrected chi connectivity index (χ2v) is 9.28. The van der Waals surface area contributed by atoms with Crippen molar-refractivity contribution in [2.24, 2.45) is 5.73 Å². The number of nitrogens with two attached hydrogens (primary N) is 1. The highest BCUT2D eigenvalue weighted by Crippen LogP contribution is 2.28. The van der Waals surface area contributed by atoms with E-state index in [1.165, 1.54) is 24.1 Å². The first-order valence-corrected chi connectivity index (χ1v) is 12.2. The van der Waals surface area contributed by atoms with Crippen molar-refractivity contribution in [3.8, 4) is 5.75 Å². The third kappa shape index (κ3) is 5.16. The Labute approximate surface area is 217 Å². The molecule has 0 unspecified atom stereocenters. The third-order valence-corrected chi connectivity index (χ3v) is 6.56. The lowest BCUT2D eigenvalue weighted by Gasteiger charge is -2.17. The molecule has 3 N–H and O–H groups in total. The summed E-state index contributed by atoms with van der Waals surface area (Å²) in [7, 11) is 0. The van der Waals surface area contributed by atoms with Gasteiger partial charge in [-0.05, 0) is 47.7 Å². The van der Waals surface area contributed by atoms with Crippen molar-refractivity contribution >= 4 is 23.1 Å². The van der Waals surface area contributed by atoms with Crippen molar-refractivity contribution in [2.75, 3.05) is 6.61 Å². The van der Waals surface area contributed by atoms with Crippen molar-refractivity contribution in [3.63, 3.8) is 0 Å². The Kier molecular flexibility index (Phi) is 6.97. The van der Waals surface area contributed by atoms with Gasteiger partial charge >= 0.3 is 0 Å². The molecule has 1 amide bonds. The topological polar surface area (TPSA) is 129 Å². The van der Waals surface area contributed by atoms with Crippen molar-refractivity contribution in [2.45, 2.75) is 38.8 Å². The number of nitrogens with one attached hydrogen (secondary N) is 1. The molecule has 3 heterocycles. The number of carbonyl (C=O) groups is 3. The maximum Gasteiger partial charge on any atom is 0.270 e. The Hall–Kier alpha value is -4.44. The maximum absolute atomic E-state index is 13.8. The van der Waals surface area contributed by atoms with Gasteiger partial charge in [-0.1, -0.05) is 30.3 Å². The summed E-state index contributed by atoms with van der Waals surface area (Å²) < 4.78 is 20.3. The lowest BCUT2D eigenvalue weighted by atomic mass is 10.0. The van der Waals surface area contributed by atoms with Gasteiger partial charge in [-0.2, -0.15) is 5.10 Å². The average Bonchev–Trinajstić information content (AvgIpc) is 3.49. The molecule has 1 atom stereocenters. The van der Waals surface area contributed by atoms with Gasteiger partial charge in [-0.25, -0.2) is 13.9 Å². The maximum atomic E-state index is 13.8. The van der Waals surface area contributed by atoms with E-state index in [1.807, 2.05) is 0 Å². The third-order valence-electron chi connectivity index (χ3n) is 6.56. The molecular formula is C28H26FN5O4. The Morgan fingerprint density at radius 3 is 2.79 bits per heavy atom. The van der Waals surface area contributed by atoms with Crippen LogP contribution in [-0.4, -0.2) is 38.7 Å². The predicted octanol–water partition coefficient (Wildman–Crippen LogP) is 3.14. The smallest absolute Gasteiger partial charge is 0.270 e. The van der Waals surface area contributed by atoms with Crippen molar-refractivity contribution in [1.29, 1.82) is 0 Å². The summed E-state index contributed by atoms with van der Waals surface area (Å²) in [6, 6.07) is 15.3. The lowest BCUT2D eigenvalue weighted by molar-refractivity contribution is -0.121. The van der Waals surface area contributed by atoms with Crippen LogP contribution in [0.3, 0.4) is 0 Å². The second kappa shape index (κ2) is 10.5. The van der Waals surface area contributed by atoms with Gasteiger partial charge in [0, 0.05) is 31.5 Å². The summed E-state index contributed by atoms with van der Waals surface area (Å²) in [6.45, 7) is 1.54. The van der Waals surface area contributed by atoms with Crippen molar-refractivity contribution in [3.05, 3.63) is 94.2 Å². The number of benzene rings is 2. The number of rotatable bonds is 4. The average molecular weight is 516 g/mol. The molecule has 1 aliphatic heterocycles. The standard InChI is InChI=1S/C19H15FN4O4.C9H11N/c1-10(25)16-6-15(23-18-14(20)8-22-24(16)18)19(27)21-7-11-2-3-17-12(4-11)5-13(26)9-28-17;10-9-6-5-7-3-1-2-4-8(7)9/h2-4,6,8H,5,7,9H2,1H3,(H,21,27);1-4,9H,5-6,10H2/t;9-/m.0/s1. The van der Waals surface area contributed by atoms with Crippen LogP contribution in [0.1, 0.15) is 62.6 Å². The van der Waals surface area contributed by atoms with Gasteiger partial charge in [-0.15, -0.1) is 0 Å². The van der Waals surface area contributed by atoms with Crippen LogP contribution in [-0.2, 0) is 24.2 Å². The summed E-state index contributed by atoms with van der Waals surface area (Å²) in [5, 5.41) is 6.45. The zero-order valence-corrected chi connectivity index (χ0v) is 20.7. The summed E-state index contributed by atoms with van der Waals surface area (Å²) >= 11 is 0. The van der Waals surface area contributed by atoms with Gasteiger partial charge in [0.1, 0.15) is 23.7 Å². The normalized spacial score (nSPS) is 15.7. The number of carbonyl (C=O) groups excluding carboxylic acids is 3. The van der Waals surface area contributed by atoms with Crippen LogP contribution < -0.4 is 15.8 Å². The number of ketones is 2. The predicted molar refractivity (Wildman–Crippen MR) is 136 cm³/mol. The van der Waals surface area contributed by atoms with E-state index in [0.29, 0.717) is 11.8 Å². The van der Waals surface area contributed by atoms with Crippen LogP contribution in [0.4, 0.5) is 4.39 Å². The van der Waals surface area contributed by atoms with Crippen LogP contribution in [0.2, 0.25) is 0 Å². The quantitative estimate of drug-likeness (QED) is 0.400. The molecule has 2 aromatic heterocycles. The number of aryl methyl sites for hydroxylation is 1. The van der Waals surface area contributed by atoms with E-state index in [0.717, 1.165) is 34.7 Å². The second-order valence-electron chi connectivity index (χ2n) is 9.28. The highest BCUT2D eigenvalue weighted by Gasteiger charge is 2.20. The first-order chi connectivity index (χ1) is 18.3. The van der Waals surface area contributed by atoms with Crippen molar-refractivity contribution in [1.82, 2.24) is 19.9 Å². The van der Waals surface area contributed by atoms with Crippen LogP contribution >= 0.6 is 0 Å². The molecule has 38 heavy (non-hydrogen) atoms. The number of aromatic nitrogens is 3. The number of hydrogen-bond acceptors (Lipinski definition) is 7. The van der Waals surface area contributed by atoms with Crippen LogP contribution in [0.15, 0.2) is 54.7 Å². The molecule has 2 aliphatic rings. The summed E-state index contributed by atoms with van der Waals surface area (Å²) in [5.74, 6) is -1.01.